The first-order chi connectivity index (χ1) is 24.4. The second-order valence-corrected chi connectivity index (χ2v) is 17.2. The Bertz CT molecular complexity index is 1810. The summed E-state index contributed by atoms with van der Waals surface area (Å²) in [5.41, 5.74) is -1.71. The lowest BCUT2D eigenvalue weighted by Crippen LogP contribution is -2.83. The number of rotatable bonds is 13. The molecule has 0 unspecified atom stereocenters. The van der Waals surface area contributed by atoms with Gasteiger partial charge in [0.2, 0.25) is 3.79 Å². The summed E-state index contributed by atoms with van der Waals surface area (Å²) in [4.78, 5) is 56.1. The second kappa shape index (κ2) is 16.5. The summed E-state index contributed by atoms with van der Waals surface area (Å²) in [6.45, 7) is -3.45. The Morgan fingerprint density at radius 3 is 1.69 bits per heavy atom. The van der Waals surface area contributed by atoms with Crippen molar-refractivity contribution in [2.24, 2.45) is 0 Å². The Morgan fingerprint density at radius 1 is 0.784 bits per heavy atom. The molecule has 5 rings (SSSR count). The number of likely N-dealkylation sites (tertiary alicyclic amines) is 1. The molecule has 1 saturated heterocycles. The number of esters is 1. The molecular formula is C37H34Cl3N2O8P. The summed E-state index contributed by atoms with van der Waals surface area (Å²) in [5.74, 6) is -2.31. The molecular weight excluding hydrogens is 738 g/mol. The minimum atomic E-state index is -3.45. The lowest BCUT2D eigenvalue weighted by atomic mass is 9.99. The molecule has 266 valence electrons. The minimum absolute atomic E-state index is 0.116. The van der Waals surface area contributed by atoms with Crippen LogP contribution in [0.25, 0.3) is 0 Å². The van der Waals surface area contributed by atoms with Crippen LogP contribution in [-0.2, 0) is 39.9 Å². The molecule has 4 aromatic rings. The summed E-state index contributed by atoms with van der Waals surface area (Å²) in [7, 11) is 1.19. The summed E-state index contributed by atoms with van der Waals surface area (Å²) in [6.07, 6.45) is -2.59. The van der Waals surface area contributed by atoms with Crippen LogP contribution < -0.4 is 21.2 Å². The fourth-order valence-corrected chi connectivity index (χ4v) is 10.3. The summed E-state index contributed by atoms with van der Waals surface area (Å²) < 4.78 is 20.8. The summed E-state index contributed by atoms with van der Waals surface area (Å²) in [6, 6.07) is 36.3. The van der Waals surface area contributed by atoms with Gasteiger partial charge in [0.15, 0.2) is 12.0 Å². The third kappa shape index (κ3) is 8.17. The van der Waals surface area contributed by atoms with E-state index < -0.39 is 59.6 Å². The van der Waals surface area contributed by atoms with Gasteiger partial charge in [-0.2, -0.15) is 0 Å². The van der Waals surface area contributed by atoms with E-state index in [0.29, 0.717) is 21.5 Å². The molecule has 2 atom stereocenters. The van der Waals surface area contributed by atoms with Crippen molar-refractivity contribution in [1.29, 1.82) is 0 Å². The van der Waals surface area contributed by atoms with Crippen LogP contribution in [0.1, 0.15) is 12.5 Å². The van der Waals surface area contributed by atoms with Crippen molar-refractivity contribution in [1.82, 2.24) is 10.2 Å². The number of alkyl carbamates (subject to hydrolysis) is 1. The van der Waals surface area contributed by atoms with Crippen molar-refractivity contribution in [3.8, 4) is 0 Å². The molecule has 0 bridgehead atoms. The average molecular weight is 772 g/mol. The van der Waals surface area contributed by atoms with Crippen LogP contribution >= 0.6 is 41.7 Å². The fraction of sp³-hybridized carbons (Fsp3) is 0.216. The zero-order valence-electron chi connectivity index (χ0n) is 27.5. The Labute approximate surface area is 310 Å². The molecule has 1 aliphatic rings. The van der Waals surface area contributed by atoms with Crippen molar-refractivity contribution in [3.63, 3.8) is 0 Å². The highest BCUT2D eigenvalue weighted by molar-refractivity contribution is 7.96. The number of alkyl halides is 3. The van der Waals surface area contributed by atoms with Gasteiger partial charge in [0.1, 0.15) is 25.2 Å². The Kier molecular flexibility index (Phi) is 12.3. The van der Waals surface area contributed by atoms with Gasteiger partial charge in [-0.15, -0.1) is 0 Å². The van der Waals surface area contributed by atoms with Gasteiger partial charge in [-0.1, -0.05) is 156 Å². The smallest absolute Gasteiger partial charge is 0.410 e. The molecule has 14 heteroatoms. The maximum atomic E-state index is 14.7. The number of β-lactam (4-membered cyclic amide) rings is 1. The highest BCUT2D eigenvalue weighted by Gasteiger charge is 2.67. The zero-order valence-corrected chi connectivity index (χ0v) is 30.7. The van der Waals surface area contributed by atoms with Gasteiger partial charge < -0.3 is 18.9 Å². The van der Waals surface area contributed by atoms with E-state index in [4.69, 9.17) is 53.8 Å². The number of nitrogens with zero attached hydrogens (tertiary/aromatic N) is 1. The molecule has 0 saturated carbocycles. The van der Waals surface area contributed by atoms with Crippen molar-refractivity contribution >= 4 is 86.8 Å². The number of benzene rings is 4. The zero-order chi connectivity index (χ0) is 36.6. The van der Waals surface area contributed by atoms with E-state index in [9.17, 15) is 19.2 Å². The van der Waals surface area contributed by atoms with Crippen LogP contribution in [-0.4, -0.2) is 70.1 Å². The van der Waals surface area contributed by atoms with Gasteiger partial charge in [-0.25, -0.2) is 9.59 Å². The first-order valence-corrected chi connectivity index (χ1v) is 18.5. The van der Waals surface area contributed by atoms with Gasteiger partial charge in [0.25, 0.3) is 11.6 Å². The molecule has 10 nitrogen and oxygen atoms in total. The van der Waals surface area contributed by atoms with E-state index in [-0.39, 0.29) is 12.0 Å². The molecule has 51 heavy (non-hydrogen) atoms. The molecule has 1 heterocycles. The molecule has 0 aromatic heterocycles. The van der Waals surface area contributed by atoms with Crippen LogP contribution in [0.2, 0.25) is 0 Å². The van der Waals surface area contributed by atoms with Crippen LogP contribution in [0.4, 0.5) is 4.79 Å². The van der Waals surface area contributed by atoms with Crippen LogP contribution in [0.3, 0.4) is 0 Å². The Balaban J connectivity index is 1.78. The lowest BCUT2D eigenvalue weighted by molar-refractivity contribution is -0.243. The van der Waals surface area contributed by atoms with Crippen LogP contribution in [0, 0.1) is 0 Å². The number of halogens is 3. The van der Waals surface area contributed by atoms with Crippen molar-refractivity contribution in [2.75, 3.05) is 20.3 Å². The Hall–Kier alpha value is -4.15. The van der Waals surface area contributed by atoms with E-state index in [1.54, 1.807) is 24.3 Å². The van der Waals surface area contributed by atoms with E-state index >= 15 is 0 Å². The number of carbonyl (C=O) groups excluding carboxylic acids is 4. The quantitative estimate of drug-likeness (QED) is 0.0659. The predicted molar refractivity (Wildman–Crippen MR) is 198 cm³/mol. The first kappa shape index (κ1) is 38.1. The highest BCUT2D eigenvalue weighted by Crippen LogP contribution is 2.50. The number of methoxy groups -OCH3 is 1. The molecule has 4 aromatic carbocycles. The summed E-state index contributed by atoms with van der Waals surface area (Å²) >= 11 is 18.1. The molecule has 2 amide bonds. The number of hydrogen-bond acceptors (Lipinski definition) is 8. The molecule has 0 aliphatic carbocycles. The number of ether oxygens (including phenoxy) is 4. The third-order valence-corrected chi connectivity index (χ3v) is 12.5. The van der Waals surface area contributed by atoms with Gasteiger partial charge in [0, 0.05) is 14.0 Å². The van der Waals surface area contributed by atoms with Gasteiger partial charge in [-0.05, 0) is 28.4 Å². The third-order valence-electron chi connectivity index (χ3n) is 7.91. The van der Waals surface area contributed by atoms with E-state index in [1.165, 1.54) is 14.0 Å². The SMILES string of the molecule is CO[C@]1(NC(=O)OCc2ccccc2)C(=O)N(C(C(=O)OCC(Cl)(Cl)Cl)=P(c2ccccc2)(c2ccccc2)c2ccccc2)[C@H]1OCC(C)=O. The van der Waals surface area contributed by atoms with E-state index in [1.807, 2.05) is 97.1 Å². The molecule has 1 N–H and O–H groups in total. The van der Waals surface area contributed by atoms with E-state index in [0.717, 1.165) is 4.90 Å². The second-order valence-electron chi connectivity index (χ2n) is 11.4. The molecule has 0 spiro atoms. The van der Waals surface area contributed by atoms with Crippen molar-refractivity contribution in [3.05, 3.63) is 127 Å². The average Bonchev–Trinajstić information content (AvgIpc) is 3.14. The number of amides is 2. The normalized spacial score (nSPS) is 17.2. The van der Waals surface area contributed by atoms with E-state index in [2.05, 4.69) is 5.32 Å². The topological polar surface area (TPSA) is 120 Å². The Morgan fingerprint density at radius 2 is 1.25 bits per heavy atom. The fourth-order valence-electron chi connectivity index (χ4n) is 5.75. The van der Waals surface area contributed by atoms with Crippen LogP contribution in [0.15, 0.2) is 121 Å². The number of nitrogens with one attached hydrogen (secondary N) is 1. The maximum absolute atomic E-state index is 14.7. The number of hydrogen-bond donors (Lipinski definition) is 1. The molecule has 1 aliphatic heterocycles. The summed E-state index contributed by atoms with van der Waals surface area (Å²) in [5, 5.41) is 4.47. The maximum Gasteiger partial charge on any atom is 0.410 e. The molecule has 0 radical (unpaired) electrons. The van der Waals surface area contributed by atoms with Crippen LogP contribution in [0.5, 0.6) is 0 Å². The van der Waals surface area contributed by atoms with Gasteiger partial charge in [-0.3, -0.25) is 19.8 Å². The monoisotopic (exact) mass is 770 g/mol. The predicted octanol–water partition coefficient (Wildman–Crippen LogP) is 5.07. The minimum Gasteiger partial charge on any atom is -0.456 e. The van der Waals surface area contributed by atoms with Crippen molar-refractivity contribution in [2.45, 2.75) is 29.3 Å². The number of Topliss-reactive ketones (excluding diaryl/α,β-unsaturated/α-hetero) is 1. The largest absolute Gasteiger partial charge is 0.456 e. The number of carbonyl (C=O) groups is 4. The number of ketones is 1. The standard InChI is InChI=1S/C37H34Cl3N2O8P/c1-26(43)23-48-34-37(47-2,41-35(46)49-24-27-15-7-3-8-16-27)33(45)42(34)31(32(44)50-25-36(38,39)40)51(28-17-9-4-10-18-28,29-19-11-5-12-20-29)30-21-13-6-14-22-30/h3-22,34H,23-25H2,1-2H3,(H,41,46)/t34-,37+/m0/s1. The molecule has 1 fully saturated rings. The van der Waals surface area contributed by atoms with Gasteiger partial charge >= 0.3 is 12.1 Å². The highest BCUT2D eigenvalue weighted by atomic mass is 35.6. The van der Waals surface area contributed by atoms with Crippen molar-refractivity contribution < 1.29 is 38.1 Å². The first-order valence-electron chi connectivity index (χ1n) is 15.6. The lowest BCUT2D eigenvalue weighted by Gasteiger charge is -2.54. The van der Waals surface area contributed by atoms with Gasteiger partial charge in [0.05, 0.1) is 0 Å².